The van der Waals surface area contributed by atoms with E-state index in [4.69, 9.17) is 0 Å². The summed E-state index contributed by atoms with van der Waals surface area (Å²) in [7, 11) is -3.01. The van der Waals surface area contributed by atoms with Crippen molar-refractivity contribution in [2.24, 2.45) is 0 Å². The van der Waals surface area contributed by atoms with Gasteiger partial charge in [-0.15, -0.1) is 0 Å². The molecule has 0 amide bonds. The highest BCUT2D eigenvalue weighted by Crippen LogP contribution is 2.32. The molecule has 1 atom stereocenters. The van der Waals surface area contributed by atoms with E-state index in [2.05, 4.69) is 6.92 Å². The Morgan fingerprint density at radius 3 is 2.07 bits per heavy atom. The van der Waals surface area contributed by atoms with Crippen LogP contribution in [0.15, 0.2) is 0 Å². The molecule has 0 saturated heterocycles. The molecule has 0 heterocycles. The van der Waals surface area contributed by atoms with Crippen LogP contribution in [0.5, 0.6) is 0 Å². The van der Waals surface area contributed by atoms with Crippen LogP contribution in [0.2, 0.25) is 0 Å². The summed E-state index contributed by atoms with van der Waals surface area (Å²) in [6.07, 6.45) is 2.71. The fraction of sp³-hybridized carbons (Fsp3) is 0.909. The Bertz CT molecular complexity index is 248. The molecule has 0 aliphatic carbocycles. The van der Waals surface area contributed by atoms with Crippen molar-refractivity contribution < 1.29 is 9.00 Å². The first kappa shape index (κ1) is 13.8. The van der Waals surface area contributed by atoms with E-state index in [0.29, 0.717) is 11.5 Å². The third-order valence-corrected chi connectivity index (χ3v) is 8.49. The summed E-state index contributed by atoms with van der Waals surface area (Å²) < 4.78 is 12.8. The molecule has 3 heteroatoms. The lowest BCUT2D eigenvalue weighted by Gasteiger charge is -2.41. The average Bonchev–Trinajstić information content (AvgIpc) is 2.19. The first-order valence-corrected chi connectivity index (χ1v) is 7.99. The minimum Gasteiger partial charge on any atom is -0.290 e. The maximum atomic E-state index is 12.8. The van der Waals surface area contributed by atoms with Gasteiger partial charge in [-0.05, 0) is 21.9 Å². The third-order valence-electron chi connectivity index (χ3n) is 3.21. The number of rotatable bonds is 7. The summed E-state index contributed by atoms with van der Waals surface area (Å²) >= 11 is 0. The Hall–Kier alpha value is -0.180. The molecule has 0 spiro atoms. The second kappa shape index (κ2) is 5.06. The molecule has 0 aromatic carbocycles. The van der Waals surface area contributed by atoms with E-state index < -0.39 is 9.07 Å². The van der Waals surface area contributed by atoms with Gasteiger partial charge in [0.2, 0.25) is 0 Å². The highest BCUT2D eigenvalue weighted by atomic mass is 32.3. The fourth-order valence-electron chi connectivity index (χ4n) is 1.99. The van der Waals surface area contributed by atoms with Crippen LogP contribution in [0.4, 0.5) is 0 Å². The van der Waals surface area contributed by atoms with E-state index in [9.17, 15) is 9.00 Å². The molecule has 0 rings (SSSR count). The molecule has 0 aromatic rings. The van der Waals surface area contributed by atoms with E-state index in [0.717, 1.165) is 24.9 Å². The SMILES string of the molecule is CCCC(C)S(=O)(C=O)(CC)CCC. The maximum Gasteiger partial charge on any atom is 0.185 e. The highest BCUT2D eigenvalue weighted by molar-refractivity contribution is 8.31. The van der Waals surface area contributed by atoms with E-state index in [1.54, 1.807) is 0 Å². The van der Waals surface area contributed by atoms with E-state index in [-0.39, 0.29) is 5.25 Å². The molecular weight excluding hydrogens is 196 g/mol. The van der Waals surface area contributed by atoms with Gasteiger partial charge in [0.1, 0.15) is 0 Å². The lowest BCUT2D eigenvalue weighted by atomic mass is 10.3. The molecule has 0 aliphatic heterocycles. The Balaban J connectivity index is 5.04. The van der Waals surface area contributed by atoms with Crippen molar-refractivity contribution in [3.05, 3.63) is 0 Å². The summed E-state index contributed by atoms with van der Waals surface area (Å²) in [6.45, 7) is 7.91. The molecule has 0 aromatic heterocycles. The monoisotopic (exact) mass is 220 g/mol. The van der Waals surface area contributed by atoms with E-state index >= 15 is 0 Å². The van der Waals surface area contributed by atoms with Gasteiger partial charge in [0.25, 0.3) is 0 Å². The predicted molar refractivity (Wildman–Crippen MR) is 65.0 cm³/mol. The van der Waals surface area contributed by atoms with Crippen LogP contribution in [0.3, 0.4) is 0 Å². The van der Waals surface area contributed by atoms with Crippen molar-refractivity contribution in [1.82, 2.24) is 0 Å². The lowest BCUT2D eigenvalue weighted by molar-refractivity contribution is 0.560. The van der Waals surface area contributed by atoms with Crippen molar-refractivity contribution in [1.29, 1.82) is 0 Å². The second-order valence-corrected chi connectivity index (χ2v) is 8.98. The molecule has 0 aliphatic rings. The van der Waals surface area contributed by atoms with Gasteiger partial charge in [0.05, 0.1) is 0 Å². The summed E-state index contributed by atoms with van der Waals surface area (Å²) in [5.41, 5.74) is 0.779. The van der Waals surface area contributed by atoms with Crippen molar-refractivity contribution in [2.45, 2.75) is 52.2 Å². The van der Waals surface area contributed by atoms with Crippen LogP contribution in [0.25, 0.3) is 0 Å². The number of carbonyl (C=O) groups is 1. The Labute approximate surface area is 87.9 Å². The van der Waals surface area contributed by atoms with Gasteiger partial charge < -0.3 is 0 Å². The molecule has 0 bridgehead atoms. The zero-order valence-electron chi connectivity index (χ0n) is 9.91. The van der Waals surface area contributed by atoms with Gasteiger partial charge in [-0.2, -0.15) is 0 Å². The van der Waals surface area contributed by atoms with Crippen LogP contribution >= 0.6 is 0 Å². The maximum absolute atomic E-state index is 12.8. The van der Waals surface area contributed by atoms with Gasteiger partial charge in [-0.25, -0.2) is 0 Å². The van der Waals surface area contributed by atoms with E-state index in [1.807, 2.05) is 20.8 Å². The zero-order chi connectivity index (χ0) is 11.3. The molecular formula is C11H24O2S. The molecule has 0 radical (unpaired) electrons. The van der Waals surface area contributed by atoms with Crippen LogP contribution in [-0.4, -0.2) is 26.6 Å². The summed E-state index contributed by atoms with van der Waals surface area (Å²) in [5, 5.41) is 0.0412. The largest absolute Gasteiger partial charge is 0.290 e. The van der Waals surface area contributed by atoms with Crippen molar-refractivity contribution in [3.63, 3.8) is 0 Å². The van der Waals surface area contributed by atoms with Crippen LogP contribution < -0.4 is 0 Å². The van der Waals surface area contributed by atoms with Gasteiger partial charge in [0, 0.05) is 16.8 Å². The van der Waals surface area contributed by atoms with Gasteiger partial charge in [-0.1, -0.05) is 34.1 Å². The minimum absolute atomic E-state index is 0.0412. The number of hydrogen-bond donors (Lipinski definition) is 0. The van der Waals surface area contributed by atoms with Crippen molar-refractivity contribution >= 4 is 14.7 Å². The predicted octanol–water partition coefficient (Wildman–Crippen LogP) is 2.62. The third kappa shape index (κ3) is 2.44. The second-order valence-electron chi connectivity index (χ2n) is 4.12. The summed E-state index contributed by atoms with van der Waals surface area (Å²) in [4.78, 5) is 11.2. The van der Waals surface area contributed by atoms with Crippen LogP contribution in [0, 0.1) is 0 Å². The highest BCUT2D eigenvalue weighted by Gasteiger charge is 2.39. The summed E-state index contributed by atoms with van der Waals surface area (Å²) in [5.74, 6) is 1.08. The summed E-state index contributed by atoms with van der Waals surface area (Å²) in [6, 6.07) is 0. The molecule has 14 heavy (non-hydrogen) atoms. The average molecular weight is 220 g/mol. The van der Waals surface area contributed by atoms with E-state index in [1.165, 1.54) is 0 Å². The number of hydrogen-bond acceptors (Lipinski definition) is 2. The van der Waals surface area contributed by atoms with Gasteiger partial charge >= 0.3 is 0 Å². The minimum atomic E-state index is -3.01. The zero-order valence-corrected chi connectivity index (χ0v) is 10.7. The Kier molecular flexibility index (Phi) is 4.99. The van der Waals surface area contributed by atoms with Crippen LogP contribution in [-0.2, 0) is 13.9 Å². The van der Waals surface area contributed by atoms with Gasteiger partial charge in [-0.3, -0.25) is 9.00 Å². The molecule has 1 unspecified atom stereocenters. The lowest BCUT2D eigenvalue weighted by Crippen LogP contribution is -2.49. The van der Waals surface area contributed by atoms with Crippen molar-refractivity contribution in [3.8, 4) is 0 Å². The molecule has 86 valence electrons. The van der Waals surface area contributed by atoms with Crippen LogP contribution in [0.1, 0.15) is 47.0 Å². The smallest absolute Gasteiger partial charge is 0.185 e. The topological polar surface area (TPSA) is 34.1 Å². The molecule has 2 nitrogen and oxygen atoms in total. The first-order valence-electron chi connectivity index (χ1n) is 5.56. The fourth-order valence-corrected chi connectivity index (χ4v) is 5.40. The molecule has 0 saturated carbocycles. The Morgan fingerprint density at radius 2 is 1.79 bits per heavy atom. The van der Waals surface area contributed by atoms with Gasteiger partial charge in [0.15, 0.2) is 5.62 Å². The Morgan fingerprint density at radius 1 is 1.21 bits per heavy atom. The molecule has 0 N–H and O–H groups in total. The normalized spacial score (nSPS) is 17.0. The first-order chi connectivity index (χ1) is 6.47. The van der Waals surface area contributed by atoms with Crippen molar-refractivity contribution in [2.75, 3.05) is 11.5 Å². The number of carbonyl (C=O) groups excluding carboxylic acids is 1. The standard InChI is InChI=1S/C11H24O2S/c1-5-8-11(4)14(13,7-3,10-12)9-6-2/h10-11H,5-9H2,1-4H3. The quantitative estimate of drug-likeness (QED) is 0.618. The molecule has 0 fully saturated rings.